The maximum absolute atomic E-state index is 11.0. The number of thiazole rings is 1. The lowest BCUT2D eigenvalue weighted by molar-refractivity contribution is -0.384. The minimum absolute atomic E-state index is 0.117. The molecule has 1 aliphatic rings. The first-order valence-corrected chi connectivity index (χ1v) is 10.5. The normalized spacial score (nSPS) is 15.3. The van der Waals surface area contributed by atoms with Crippen LogP contribution >= 0.6 is 11.3 Å². The van der Waals surface area contributed by atoms with Crippen LogP contribution in [0.25, 0.3) is 11.3 Å². The molecule has 1 fully saturated rings. The van der Waals surface area contributed by atoms with E-state index in [4.69, 9.17) is 4.99 Å². The number of aromatic nitrogens is 1. The van der Waals surface area contributed by atoms with Crippen molar-refractivity contribution in [2.24, 2.45) is 4.99 Å². The van der Waals surface area contributed by atoms with Crippen LogP contribution in [0.2, 0.25) is 0 Å². The van der Waals surface area contributed by atoms with Gasteiger partial charge in [0, 0.05) is 23.6 Å². The third-order valence-corrected chi connectivity index (χ3v) is 6.21. The number of non-ortho nitro benzene ring substituents is 1. The summed E-state index contributed by atoms with van der Waals surface area (Å²) in [5, 5.41) is 13.1. The van der Waals surface area contributed by atoms with E-state index in [0.717, 1.165) is 34.6 Å². The molecule has 28 heavy (non-hydrogen) atoms. The molecule has 1 heterocycles. The van der Waals surface area contributed by atoms with E-state index >= 15 is 0 Å². The quantitative estimate of drug-likeness (QED) is 0.398. The Balaban J connectivity index is 1.84. The minimum Gasteiger partial charge on any atom is -0.313 e. The van der Waals surface area contributed by atoms with Crippen molar-refractivity contribution in [2.75, 3.05) is 0 Å². The van der Waals surface area contributed by atoms with Crippen molar-refractivity contribution in [3.8, 4) is 11.3 Å². The Labute approximate surface area is 168 Å². The van der Waals surface area contributed by atoms with Crippen molar-refractivity contribution in [2.45, 2.75) is 45.6 Å². The zero-order chi connectivity index (χ0) is 19.7. The number of nitrogens with zero attached hydrogens (tertiary/aromatic N) is 3. The van der Waals surface area contributed by atoms with E-state index in [1.54, 1.807) is 23.5 Å². The molecule has 5 nitrogen and oxygen atoms in total. The Morgan fingerprint density at radius 3 is 2.46 bits per heavy atom. The summed E-state index contributed by atoms with van der Waals surface area (Å²) in [6.45, 7) is 4.18. The molecule has 6 heteroatoms. The molecule has 0 unspecified atom stereocenters. The van der Waals surface area contributed by atoms with Gasteiger partial charge in [-0.2, -0.15) is 0 Å². The molecule has 2 aromatic carbocycles. The SMILES string of the molecule is Cc1ccc(N=c2scc(-c3ccc([N+](=O)[O-])cc3)n2C2CCCC2)c(C)c1. The van der Waals surface area contributed by atoms with Crippen molar-refractivity contribution < 1.29 is 4.92 Å². The zero-order valence-electron chi connectivity index (χ0n) is 16.1. The second-order valence-corrected chi connectivity index (χ2v) is 8.25. The molecule has 1 aliphatic carbocycles. The average Bonchev–Trinajstić information content (AvgIpc) is 3.33. The molecule has 0 aliphatic heterocycles. The van der Waals surface area contributed by atoms with Gasteiger partial charge < -0.3 is 4.57 Å². The Hall–Kier alpha value is -2.73. The fourth-order valence-electron chi connectivity index (χ4n) is 3.92. The molecular formula is C22H23N3O2S. The Morgan fingerprint density at radius 2 is 1.82 bits per heavy atom. The highest BCUT2D eigenvalue weighted by molar-refractivity contribution is 7.07. The van der Waals surface area contributed by atoms with E-state index in [0.29, 0.717) is 6.04 Å². The molecule has 144 valence electrons. The van der Waals surface area contributed by atoms with Gasteiger partial charge in [-0.3, -0.25) is 10.1 Å². The molecule has 3 aromatic rings. The summed E-state index contributed by atoms with van der Waals surface area (Å²) in [5.74, 6) is 0. The van der Waals surface area contributed by atoms with Crippen LogP contribution in [0.3, 0.4) is 0 Å². The topological polar surface area (TPSA) is 60.4 Å². The van der Waals surface area contributed by atoms with Gasteiger partial charge in [0.15, 0.2) is 4.80 Å². The monoisotopic (exact) mass is 393 g/mol. The van der Waals surface area contributed by atoms with Crippen molar-refractivity contribution in [3.63, 3.8) is 0 Å². The van der Waals surface area contributed by atoms with Crippen molar-refractivity contribution >= 4 is 22.7 Å². The van der Waals surface area contributed by atoms with Gasteiger partial charge in [0.2, 0.25) is 0 Å². The number of nitro groups is 1. The molecule has 4 rings (SSSR count). The summed E-state index contributed by atoms with van der Waals surface area (Å²) in [4.78, 5) is 16.6. The number of hydrogen-bond acceptors (Lipinski definition) is 4. The van der Waals surface area contributed by atoms with Gasteiger partial charge in [-0.25, -0.2) is 4.99 Å². The summed E-state index contributed by atoms with van der Waals surface area (Å²) < 4.78 is 2.35. The lowest BCUT2D eigenvalue weighted by atomic mass is 10.1. The summed E-state index contributed by atoms with van der Waals surface area (Å²) >= 11 is 1.64. The predicted octanol–water partition coefficient (Wildman–Crippen LogP) is 6.09. The van der Waals surface area contributed by atoms with Crippen LogP contribution in [0.5, 0.6) is 0 Å². The Morgan fingerprint density at radius 1 is 1.11 bits per heavy atom. The standard InChI is InChI=1S/C22H23N3O2S/c1-15-7-12-20(16(2)13-15)23-22-24(18-5-3-4-6-18)21(14-28-22)17-8-10-19(11-9-17)25(26)27/h7-14,18H,3-6H2,1-2H3. The van der Waals surface area contributed by atoms with Crippen LogP contribution in [0.15, 0.2) is 52.8 Å². The van der Waals surface area contributed by atoms with E-state index in [2.05, 4.69) is 42.0 Å². The van der Waals surface area contributed by atoms with Gasteiger partial charge in [0.05, 0.1) is 16.3 Å². The fourth-order valence-corrected chi connectivity index (χ4v) is 4.89. The van der Waals surface area contributed by atoms with Gasteiger partial charge in [-0.15, -0.1) is 11.3 Å². The predicted molar refractivity (Wildman–Crippen MR) is 113 cm³/mol. The van der Waals surface area contributed by atoms with E-state index in [9.17, 15) is 10.1 Å². The molecular weight excluding hydrogens is 370 g/mol. The number of hydrogen-bond donors (Lipinski definition) is 0. The van der Waals surface area contributed by atoms with Crippen LogP contribution in [-0.4, -0.2) is 9.49 Å². The summed E-state index contributed by atoms with van der Waals surface area (Å²) in [6.07, 6.45) is 4.76. The summed E-state index contributed by atoms with van der Waals surface area (Å²) in [5.41, 5.74) is 5.60. The highest BCUT2D eigenvalue weighted by Gasteiger charge is 2.22. The second-order valence-electron chi connectivity index (χ2n) is 7.42. The van der Waals surface area contributed by atoms with E-state index in [1.165, 1.54) is 24.0 Å². The largest absolute Gasteiger partial charge is 0.313 e. The van der Waals surface area contributed by atoms with Crippen molar-refractivity contribution in [3.05, 3.63) is 73.9 Å². The van der Waals surface area contributed by atoms with Gasteiger partial charge in [-0.1, -0.05) is 30.5 Å². The fraction of sp³-hybridized carbons (Fsp3) is 0.318. The van der Waals surface area contributed by atoms with Crippen LogP contribution < -0.4 is 4.80 Å². The summed E-state index contributed by atoms with van der Waals surface area (Å²) in [6, 6.07) is 13.6. The van der Waals surface area contributed by atoms with Crippen LogP contribution in [0.4, 0.5) is 11.4 Å². The van der Waals surface area contributed by atoms with Gasteiger partial charge in [0.25, 0.3) is 5.69 Å². The number of benzene rings is 2. The van der Waals surface area contributed by atoms with Gasteiger partial charge >= 0.3 is 0 Å². The van der Waals surface area contributed by atoms with E-state index in [-0.39, 0.29) is 10.6 Å². The summed E-state index contributed by atoms with van der Waals surface area (Å²) in [7, 11) is 0. The van der Waals surface area contributed by atoms with Crippen LogP contribution in [-0.2, 0) is 0 Å². The second kappa shape index (κ2) is 7.72. The zero-order valence-corrected chi connectivity index (χ0v) is 16.9. The maximum Gasteiger partial charge on any atom is 0.269 e. The molecule has 0 radical (unpaired) electrons. The first-order valence-electron chi connectivity index (χ1n) is 9.60. The molecule has 0 saturated heterocycles. The highest BCUT2D eigenvalue weighted by Crippen LogP contribution is 2.34. The first-order chi connectivity index (χ1) is 13.5. The molecule has 1 aromatic heterocycles. The van der Waals surface area contributed by atoms with Gasteiger partial charge in [-0.05, 0) is 56.0 Å². The third kappa shape index (κ3) is 3.64. The van der Waals surface area contributed by atoms with Crippen LogP contribution in [0.1, 0.15) is 42.9 Å². The lowest BCUT2D eigenvalue weighted by Gasteiger charge is -2.16. The average molecular weight is 394 g/mol. The number of nitro benzene ring substituents is 1. The minimum atomic E-state index is -0.358. The molecule has 0 N–H and O–H groups in total. The van der Waals surface area contributed by atoms with Crippen molar-refractivity contribution in [1.29, 1.82) is 0 Å². The van der Waals surface area contributed by atoms with Gasteiger partial charge in [0.1, 0.15) is 0 Å². The smallest absolute Gasteiger partial charge is 0.269 e. The Bertz CT molecular complexity index is 1070. The third-order valence-electron chi connectivity index (χ3n) is 5.37. The van der Waals surface area contributed by atoms with E-state index < -0.39 is 0 Å². The molecule has 1 saturated carbocycles. The number of rotatable bonds is 4. The first kappa shape index (κ1) is 18.6. The van der Waals surface area contributed by atoms with Crippen molar-refractivity contribution in [1.82, 2.24) is 4.57 Å². The molecule has 0 bridgehead atoms. The molecule has 0 spiro atoms. The maximum atomic E-state index is 11.0. The van der Waals surface area contributed by atoms with E-state index in [1.807, 2.05) is 12.1 Å². The Kier molecular flexibility index (Phi) is 5.13. The lowest BCUT2D eigenvalue weighted by Crippen LogP contribution is -2.20. The highest BCUT2D eigenvalue weighted by atomic mass is 32.1. The number of aryl methyl sites for hydroxylation is 2. The van der Waals surface area contributed by atoms with Crippen LogP contribution in [0, 0.1) is 24.0 Å². The molecule has 0 atom stereocenters. The molecule has 0 amide bonds.